The van der Waals surface area contributed by atoms with Crippen LogP contribution in [0.1, 0.15) is 13.3 Å². The van der Waals surface area contributed by atoms with E-state index in [9.17, 15) is 0 Å². The summed E-state index contributed by atoms with van der Waals surface area (Å²) in [7, 11) is 0. The normalized spacial score (nSPS) is 14.0. The van der Waals surface area contributed by atoms with Crippen LogP contribution in [0, 0.1) is 0 Å². The summed E-state index contributed by atoms with van der Waals surface area (Å²) in [6, 6.07) is -0.729. The molecule has 0 amide bonds. The van der Waals surface area contributed by atoms with Gasteiger partial charge in [-0.3, -0.25) is 0 Å². The van der Waals surface area contributed by atoms with Crippen LogP contribution in [0.2, 0.25) is 5.54 Å². The molecule has 0 radical (unpaired) electrons. The van der Waals surface area contributed by atoms with Crippen molar-refractivity contribution in [3.05, 3.63) is 12.7 Å². The van der Waals surface area contributed by atoms with Crippen LogP contribution in [0.5, 0.6) is 0 Å². The second kappa shape index (κ2) is 4.76. The molecule has 0 aromatic carbocycles. The molecule has 0 N–H and O–H groups in total. The fourth-order valence-electron chi connectivity index (χ4n) is 0.366. The number of hydrogen-bond donors (Lipinski definition) is 0. The van der Waals surface area contributed by atoms with E-state index in [2.05, 4.69) is 44.1 Å². The van der Waals surface area contributed by atoms with Gasteiger partial charge in [0.25, 0.3) is 0 Å². The van der Waals surface area contributed by atoms with Gasteiger partial charge >= 0.3 is 0 Å². The fraction of sp³-hybridized carbons (Fsp3) is 0.600. The predicted octanol–water partition coefficient (Wildman–Crippen LogP) is 2.96. The summed E-state index contributed by atoms with van der Waals surface area (Å²) in [6.07, 6.45) is 3.08. The highest BCUT2D eigenvalue weighted by Gasteiger charge is 2.08. The number of hydrogen-bond acceptors (Lipinski definition) is 0. The SMILES string of the molecule is C=CCC(C)[SiH](Br)Br. The molecule has 0 saturated carbocycles. The molecular weight excluding hydrogens is 248 g/mol. The Kier molecular flexibility index (Phi) is 5.31. The lowest BCUT2D eigenvalue weighted by atomic mass is 10.3. The summed E-state index contributed by atoms with van der Waals surface area (Å²) in [5, 5.41) is 0. The minimum Gasteiger partial charge on any atom is -0.115 e. The van der Waals surface area contributed by atoms with Gasteiger partial charge in [0.1, 0.15) is 0 Å². The van der Waals surface area contributed by atoms with Gasteiger partial charge in [-0.1, -0.05) is 13.0 Å². The third-order valence-corrected chi connectivity index (χ3v) is 7.52. The average Bonchev–Trinajstić information content (AvgIpc) is 1.67. The molecule has 3 heteroatoms. The van der Waals surface area contributed by atoms with Crippen LogP contribution in [-0.2, 0) is 0 Å². The Morgan fingerprint density at radius 1 is 1.75 bits per heavy atom. The molecule has 0 aromatic heterocycles. The van der Waals surface area contributed by atoms with Crippen LogP contribution >= 0.6 is 30.6 Å². The van der Waals surface area contributed by atoms with Crippen molar-refractivity contribution in [3.8, 4) is 0 Å². The first-order valence-electron chi connectivity index (χ1n) is 2.57. The number of allylic oxidation sites excluding steroid dienone is 1. The minimum absolute atomic E-state index is 0.729. The van der Waals surface area contributed by atoms with Gasteiger partial charge in [-0.05, 0) is 12.0 Å². The smallest absolute Gasteiger partial charge is 0.115 e. The zero-order valence-corrected chi connectivity index (χ0v) is 9.23. The van der Waals surface area contributed by atoms with Crippen molar-refractivity contribution in [1.82, 2.24) is 0 Å². The van der Waals surface area contributed by atoms with E-state index in [4.69, 9.17) is 0 Å². The van der Waals surface area contributed by atoms with Gasteiger partial charge in [0, 0.05) is 0 Å². The van der Waals surface area contributed by atoms with Crippen molar-refractivity contribution in [2.75, 3.05) is 0 Å². The summed E-state index contributed by atoms with van der Waals surface area (Å²) >= 11 is 7.10. The summed E-state index contributed by atoms with van der Waals surface area (Å²) in [5.74, 6) is 0. The van der Waals surface area contributed by atoms with E-state index in [1.807, 2.05) is 6.08 Å². The lowest BCUT2D eigenvalue weighted by Gasteiger charge is -2.05. The Hall–Kier alpha value is 0.917. The van der Waals surface area contributed by atoms with Gasteiger partial charge in [-0.15, -0.1) is 37.2 Å². The summed E-state index contributed by atoms with van der Waals surface area (Å²) < 4.78 is 0. The first-order valence-corrected chi connectivity index (χ1v) is 9.61. The second-order valence-electron chi connectivity index (χ2n) is 1.84. The summed E-state index contributed by atoms with van der Waals surface area (Å²) in [5.41, 5.74) is 0.771. The second-order valence-corrected chi connectivity index (χ2v) is 13.2. The Bertz CT molecular complexity index is 72.8. The monoisotopic (exact) mass is 256 g/mol. The largest absolute Gasteiger partial charge is 0.189 e. The van der Waals surface area contributed by atoms with Gasteiger partial charge in [-0.2, -0.15) is 0 Å². The molecule has 0 heterocycles. The molecule has 0 saturated heterocycles. The number of halogens is 2. The zero-order valence-electron chi connectivity index (χ0n) is 4.90. The maximum Gasteiger partial charge on any atom is 0.189 e. The fourth-order valence-corrected chi connectivity index (χ4v) is 2.06. The topological polar surface area (TPSA) is 0 Å². The van der Waals surface area contributed by atoms with E-state index in [0.717, 1.165) is 12.0 Å². The molecular formula is C5H10Br2Si. The average molecular weight is 258 g/mol. The molecule has 0 aliphatic heterocycles. The maximum atomic E-state index is 3.66. The van der Waals surface area contributed by atoms with E-state index < -0.39 is 6.04 Å². The first-order chi connectivity index (χ1) is 3.68. The van der Waals surface area contributed by atoms with E-state index in [-0.39, 0.29) is 0 Å². The molecule has 0 aliphatic carbocycles. The molecule has 0 nitrogen and oxygen atoms in total. The van der Waals surface area contributed by atoms with Gasteiger partial charge < -0.3 is 0 Å². The van der Waals surface area contributed by atoms with Crippen molar-refractivity contribution in [1.29, 1.82) is 0 Å². The maximum absolute atomic E-state index is 3.66. The van der Waals surface area contributed by atoms with Crippen molar-refractivity contribution < 1.29 is 0 Å². The van der Waals surface area contributed by atoms with Crippen LogP contribution in [0.4, 0.5) is 0 Å². The van der Waals surface area contributed by atoms with Crippen LogP contribution in [0.25, 0.3) is 0 Å². The Morgan fingerprint density at radius 3 is 2.38 bits per heavy atom. The first kappa shape index (κ1) is 8.92. The van der Waals surface area contributed by atoms with Crippen molar-refractivity contribution in [2.24, 2.45) is 0 Å². The number of rotatable bonds is 3. The molecule has 1 atom stereocenters. The Morgan fingerprint density at radius 2 is 2.25 bits per heavy atom. The molecule has 0 fully saturated rings. The van der Waals surface area contributed by atoms with E-state index in [1.54, 1.807) is 0 Å². The third kappa shape index (κ3) is 3.86. The molecule has 0 bridgehead atoms. The molecule has 0 spiro atoms. The van der Waals surface area contributed by atoms with Crippen LogP contribution in [-0.4, -0.2) is 6.04 Å². The van der Waals surface area contributed by atoms with Crippen molar-refractivity contribution >= 4 is 36.6 Å². The molecule has 8 heavy (non-hydrogen) atoms. The Balaban J connectivity index is 3.30. The van der Waals surface area contributed by atoms with Crippen LogP contribution < -0.4 is 0 Å². The summed E-state index contributed by atoms with van der Waals surface area (Å²) in [4.78, 5) is 0. The quantitative estimate of drug-likeness (QED) is 0.414. The van der Waals surface area contributed by atoms with Gasteiger partial charge in [0.05, 0.1) is 0 Å². The standard InChI is InChI=1S/C5H10Br2Si/c1-3-4-5(2)8(6)7/h3,5,8H,1,4H2,2H3. The summed E-state index contributed by atoms with van der Waals surface area (Å²) in [6.45, 7) is 5.89. The van der Waals surface area contributed by atoms with E-state index >= 15 is 0 Å². The Labute approximate surface area is 68.1 Å². The minimum atomic E-state index is -0.729. The highest BCUT2D eigenvalue weighted by Crippen LogP contribution is 2.22. The van der Waals surface area contributed by atoms with Gasteiger partial charge in [0.2, 0.25) is 0 Å². The van der Waals surface area contributed by atoms with Crippen LogP contribution in [0.3, 0.4) is 0 Å². The molecule has 0 aromatic rings. The van der Waals surface area contributed by atoms with E-state index in [0.29, 0.717) is 0 Å². The van der Waals surface area contributed by atoms with Crippen molar-refractivity contribution in [2.45, 2.75) is 18.9 Å². The van der Waals surface area contributed by atoms with Gasteiger partial charge in [-0.25, -0.2) is 0 Å². The molecule has 0 rings (SSSR count). The predicted molar refractivity (Wildman–Crippen MR) is 49.2 cm³/mol. The highest BCUT2D eigenvalue weighted by atomic mass is 79.9. The molecule has 48 valence electrons. The molecule has 1 unspecified atom stereocenters. The zero-order chi connectivity index (χ0) is 6.57. The van der Waals surface area contributed by atoms with E-state index in [1.165, 1.54) is 0 Å². The lowest BCUT2D eigenvalue weighted by molar-refractivity contribution is 0.949. The molecule has 0 aliphatic rings. The van der Waals surface area contributed by atoms with Crippen molar-refractivity contribution in [3.63, 3.8) is 0 Å². The lowest BCUT2D eigenvalue weighted by Crippen LogP contribution is -1.99. The third-order valence-electron chi connectivity index (χ3n) is 0.969. The van der Waals surface area contributed by atoms with Crippen LogP contribution in [0.15, 0.2) is 12.7 Å². The van der Waals surface area contributed by atoms with Gasteiger partial charge in [0.15, 0.2) is 6.04 Å². The highest BCUT2D eigenvalue weighted by molar-refractivity contribution is 9.49.